The van der Waals surface area contributed by atoms with Crippen LogP contribution in [0.25, 0.3) is 0 Å². The number of aromatic nitrogens is 3. The molecule has 2 saturated carbocycles. The molecular weight excluding hydrogens is 368 g/mol. The van der Waals surface area contributed by atoms with Crippen LogP contribution < -0.4 is 4.90 Å². The van der Waals surface area contributed by atoms with Crippen molar-refractivity contribution in [3.8, 4) is 0 Å². The van der Waals surface area contributed by atoms with Gasteiger partial charge in [-0.3, -0.25) is 9.69 Å². The van der Waals surface area contributed by atoms with E-state index in [1.165, 1.54) is 62.7 Å². The molecule has 2 atom stereocenters. The lowest BCUT2D eigenvalue weighted by Crippen LogP contribution is -2.61. The summed E-state index contributed by atoms with van der Waals surface area (Å²) >= 11 is 1.53. The summed E-state index contributed by atoms with van der Waals surface area (Å²) in [6, 6.07) is 4.17. The molecule has 1 spiro atoms. The molecule has 3 aliphatic rings. The number of hydrogen-bond acceptors (Lipinski definition) is 4. The standard InChI is InChI=1S/C22H30N4OS/c1-15(2)19-23-21-25(20(27)18-11-8-14-28-18)17-10-5-4-9-16(17)22(26(21)24-19)12-6-3-7-13-22/h8,11,14-17H,3-7,9-10,12-13H2,1-2H3/t16-,17+/m1/s1. The zero-order valence-electron chi connectivity index (χ0n) is 16.9. The van der Waals surface area contributed by atoms with Crippen LogP contribution in [0, 0.1) is 5.92 Å². The van der Waals surface area contributed by atoms with E-state index in [2.05, 4.69) is 18.5 Å². The minimum absolute atomic E-state index is 0.0606. The molecule has 2 aliphatic carbocycles. The Balaban J connectivity index is 1.69. The van der Waals surface area contributed by atoms with Crippen LogP contribution >= 0.6 is 11.3 Å². The van der Waals surface area contributed by atoms with Crippen molar-refractivity contribution < 1.29 is 4.79 Å². The average molecular weight is 399 g/mol. The van der Waals surface area contributed by atoms with Crippen LogP contribution in [0.1, 0.15) is 93.0 Å². The molecule has 2 aromatic rings. The Morgan fingerprint density at radius 1 is 1.18 bits per heavy atom. The maximum absolute atomic E-state index is 13.6. The minimum atomic E-state index is 0.0606. The van der Waals surface area contributed by atoms with E-state index in [-0.39, 0.29) is 23.4 Å². The van der Waals surface area contributed by atoms with Gasteiger partial charge in [-0.2, -0.15) is 10.1 Å². The first-order chi connectivity index (χ1) is 13.6. The van der Waals surface area contributed by atoms with E-state index in [0.717, 1.165) is 23.1 Å². The number of rotatable bonds is 2. The molecular formula is C22H30N4OS. The van der Waals surface area contributed by atoms with Gasteiger partial charge in [0.15, 0.2) is 5.82 Å². The second kappa shape index (κ2) is 6.97. The van der Waals surface area contributed by atoms with Crippen molar-refractivity contribution >= 4 is 23.2 Å². The van der Waals surface area contributed by atoms with Crippen molar-refractivity contribution in [1.82, 2.24) is 14.8 Å². The number of carbonyl (C=O) groups is 1. The zero-order chi connectivity index (χ0) is 19.3. The Bertz CT molecular complexity index is 850. The lowest BCUT2D eigenvalue weighted by Gasteiger charge is -2.55. The summed E-state index contributed by atoms with van der Waals surface area (Å²) in [7, 11) is 0. The van der Waals surface area contributed by atoms with E-state index in [1.807, 2.05) is 22.4 Å². The molecule has 2 fully saturated rings. The van der Waals surface area contributed by atoms with Gasteiger partial charge >= 0.3 is 0 Å². The highest BCUT2D eigenvalue weighted by atomic mass is 32.1. The highest BCUT2D eigenvalue weighted by molar-refractivity contribution is 7.12. The Morgan fingerprint density at radius 2 is 1.96 bits per heavy atom. The van der Waals surface area contributed by atoms with Crippen LogP contribution in [0.5, 0.6) is 0 Å². The van der Waals surface area contributed by atoms with Crippen molar-refractivity contribution in [2.45, 2.75) is 89.1 Å². The lowest BCUT2D eigenvalue weighted by atomic mass is 9.64. The Morgan fingerprint density at radius 3 is 2.68 bits per heavy atom. The minimum Gasteiger partial charge on any atom is -0.273 e. The number of fused-ring (bicyclic) bond motifs is 4. The summed E-state index contributed by atoms with van der Waals surface area (Å²) in [4.78, 5) is 21.4. The smallest absolute Gasteiger partial charge is 0.270 e. The van der Waals surface area contributed by atoms with E-state index >= 15 is 0 Å². The average Bonchev–Trinajstić information content (AvgIpc) is 3.40. The molecule has 6 heteroatoms. The highest BCUT2D eigenvalue weighted by Crippen LogP contribution is 2.53. The van der Waals surface area contributed by atoms with E-state index in [4.69, 9.17) is 10.1 Å². The molecule has 3 heterocycles. The zero-order valence-corrected chi connectivity index (χ0v) is 17.7. The van der Waals surface area contributed by atoms with E-state index in [9.17, 15) is 4.79 Å². The van der Waals surface area contributed by atoms with Crippen LogP contribution in [0.15, 0.2) is 17.5 Å². The maximum atomic E-state index is 13.6. The van der Waals surface area contributed by atoms with Crippen molar-refractivity contribution in [3.63, 3.8) is 0 Å². The summed E-state index contributed by atoms with van der Waals surface area (Å²) in [6.45, 7) is 4.29. The monoisotopic (exact) mass is 398 g/mol. The first-order valence-corrected chi connectivity index (χ1v) is 11.8. The number of carbonyl (C=O) groups excluding carboxylic acids is 1. The first-order valence-electron chi connectivity index (χ1n) is 11.0. The van der Waals surface area contributed by atoms with Crippen molar-refractivity contribution in [2.24, 2.45) is 5.92 Å². The molecule has 0 saturated heterocycles. The van der Waals surface area contributed by atoms with Crippen LogP contribution in [-0.4, -0.2) is 26.7 Å². The molecule has 0 aromatic carbocycles. The van der Waals surface area contributed by atoms with Crippen LogP contribution in [0.3, 0.4) is 0 Å². The van der Waals surface area contributed by atoms with Gasteiger partial charge in [-0.25, -0.2) is 4.68 Å². The lowest BCUT2D eigenvalue weighted by molar-refractivity contribution is 0.0311. The predicted molar refractivity (Wildman–Crippen MR) is 112 cm³/mol. The summed E-state index contributed by atoms with van der Waals surface area (Å²) in [5, 5.41) is 7.04. The molecule has 28 heavy (non-hydrogen) atoms. The van der Waals surface area contributed by atoms with Crippen LogP contribution in [0.4, 0.5) is 5.95 Å². The van der Waals surface area contributed by atoms with Gasteiger partial charge in [-0.05, 0) is 37.1 Å². The van der Waals surface area contributed by atoms with Gasteiger partial charge < -0.3 is 0 Å². The van der Waals surface area contributed by atoms with Crippen LogP contribution in [0.2, 0.25) is 0 Å². The van der Waals surface area contributed by atoms with Crippen molar-refractivity contribution in [2.75, 3.05) is 4.90 Å². The van der Waals surface area contributed by atoms with Crippen LogP contribution in [-0.2, 0) is 5.54 Å². The fraction of sp³-hybridized carbons (Fsp3) is 0.682. The van der Waals surface area contributed by atoms with Gasteiger partial charge in [0.25, 0.3) is 5.91 Å². The first kappa shape index (κ1) is 18.3. The largest absolute Gasteiger partial charge is 0.273 e. The normalized spacial score (nSPS) is 26.3. The fourth-order valence-corrected chi connectivity index (χ4v) is 6.54. The molecule has 0 bridgehead atoms. The number of nitrogens with zero attached hydrogens (tertiary/aromatic N) is 4. The summed E-state index contributed by atoms with van der Waals surface area (Å²) in [5.41, 5.74) is 0.0606. The van der Waals surface area contributed by atoms with Crippen molar-refractivity contribution in [1.29, 1.82) is 0 Å². The third-order valence-electron chi connectivity index (χ3n) is 7.18. The topological polar surface area (TPSA) is 51.0 Å². The van der Waals surface area contributed by atoms with Gasteiger partial charge in [-0.1, -0.05) is 52.0 Å². The molecule has 0 radical (unpaired) electrons. The summed E-state index contributed by atoms with van der Waals surface area (Å²) in [5.74, 6) is 2.57. The van der Waals surface area contributed by atoms with E-state index in [1.54, 1.807) is 0 Å². The predicted octanol–water partition coefficient (Wildman–Crippen LogP) is 5.34. The molecule has 1 aliphatic heterocycles. The fourth-order valence-electron chi connectivity index (χ4n) is 5.88. The number of hydrogen-bond donors (Lipinski definition) is 0. The van der Waals surface area contributed by atoms with E-state index < -0.39 is 0 Å². The second-order valence-electron chi connectivity index (χ2n) is 9.11. The third kappa shape index (κ3) is 2.67. The number of anilines is 1. The Hall–Kier alpha value is -1.69. The third-order valence-corrected chi connectivity index (χ3v) is 8.04. The molecule has 150 valence electrons. The van der Waals surface area contributed by atoms with Crippen molar-refractivity contribution in [3.05, 3.63) is 28.2 Å². The molecule has 0 unspecified atom stereocenters. The van der Waals surface area contributed by atoms with Gasteiger partial charge in [0, 0.05) is 17.9 Å². The highest BCUT2D eigenvalue weighted by Gasteiger charge is 2.55. The van der Waals surface area contributed by atoms with Gasteiger partial charge in [0.1, 0.15) is 0 Å². The van der Waals surface area contributed by atoms with Gasteiger partial charge in [0.05, 0.1) is 10.4 Å². The van der Waals surface area contributed by atoms with Gasteiger partial charge in [0.2, 0.25) is 5.95 Å². The van der Waals surface area contributed by atoms with E-state index in [0.29, 0.717) is 5.92 Å². The second-order valence-corrected chi connectivity index (χ2v) is 10.1. The Kier molecular flexibility index (Phi) is 4.57. The SMILES string of the molecule is CC(C)c1nc2n(n1)C1(CCCCC1)[C@@H]1CCCC[C@@H]1N2C(=O)c1cccs1. The summed E-state index contributed by atoms with van der Waals surface area (Å²) < 4.78 is 2.22. The summed E-state index contributed by atoms with van der Waals surface area (Å²) in [6.07, 6.45) is 11.0. The molecule has 5 rings (SSSR count). The quantitative estimate of drug-likeness (QED) is 0.686. The number of thiophene rings is 1. The Labute approximate surface area is 171 Å². The number of amides is 1. The molecule has 0 N–H and O–H groups in total. The van der Waals surface area contributed by atoms with Gasteiger partial charge in [-0.15, -0.1) is 11.3 Å². The molecule has 1 amide bonds. The molecule has 2 aromatic heterocycles. The molecule has 5 nitrogen and oxygen atoms in total. The maximum Gasteiger partial charge on any atom is 0.270 e.